The van der Waals surface area contributed by atoms with Gasteiger partial charge >= 0.3 is 0 Å². The van der Waals surface area contributed by atoms with E-state index >= 15 is 4.39 Å². The first kappa shape index (κ1) is 31.7. The van der Waals surface area contributed by atoms with Gasteiger partial charge in [-0.05, 0) is 55.8 Å². The minimum absolute atomic E-state index is 0.133. The molecule has 2 N–H and O–H groups in total. The van der Waals surface area contributed by atoms with Crippen LogP contribution >= 0.6 is 0 Å². The number of rotatable bonds is 8. The summed E-state index contributed by atoms with van der Waals surface area (Å²) in [4.78, 5) is 43.7. The number of alkyl halides is 1. The van der Waals surface area contributed by atoms with E-state index in [9.17, 15) is 14.9 Å². The van der Waals surface area contributed by atoms with E-state index in [4.69, 9.17) is 9.47 Å². The fourth-order valence-electron chi connectivity index (χ4n) is 6.80. The quantitative estimate of drug-likeness (QED) is 0.369. The first-order valence-electron chi connectivity index (χ1n) is 16.4. The number of hydrogen-bond acceptors (Lipinski definition) is 11. The largest absolute Gasteiger partial charge is 0.486 e. The zero-order valence-electron chi connectivity index (χ0n) is 26.7. The number of nitrogens with one attached hydrogen (secondary N) is 2. The van der Waals surface area contributed by atoms with Gasteiger partial charge in [-0.1, -0.05) is 0 Å². The van der Waals surface area contributed by atoms with E-state index in [0.29, 0.717) is 48.8 Å². The third-order valence-electron chi connectivity index (χ3n) is 9.55. The second-order valence-corrected chi connectivity index (χ2v) is 12.8. The lowest BCUT2D eigenvalue weighted by molar-refractivity contribution is -0.138. The Labute approximate surface area is 278 Å². The fourth-order valence-corrected chi connectivity index (χ4v) is 6.80. The van der Waals surface area contributed by atoms with Gasteiger partial charge in [-0.3, -0.25) is 14.5 Å². The van der Waals surface area contributed by atoms with Gasteiger partial charge in [0.05, 0.1) is 31.4 Å². The highest BCUT2D eigenvalue weighted by molar-refractivity contribution is 5.90. The van der Waals surface area contributed by atoms with Crippen molar-refractivity contribution in [3.05, 3.63) is 54.4 Å². The molecule has 0 radical (unpaired) electrons. The van der Waals surface area contributed by atoms with Crippen LogP contribution in [0.5, 0.6) is 5.75 Å². The van der Waals surface area contributed by atoms with Crippen LogP contribution < -0.4 is 20.3 Å². The van der Waals surface area contributed by atoms with Crippen LogP contribution in [0, 0.1) is 11.3 Å². The maximum absolute atomic E-state index is 15.2. The van der Waals surface area contributed by atoms with E-state index in [1.54, 1.807) is 18.2 Å². The van der Waals surface area contributed by atoms with Crippen molar-refractivity contribution in [2.75, 3.05) is 56.2 Å². The number of carbonyl (C=O) groups is 2. The first-order chi connectivity index (χ1) is 23.3. The van der Waals surface area contributed by atoms with Crippen LogP contribution in [0.3, 0.4) is 0 Å². The van der Waals surface area contributed by atoms with Crippen LogP contribution in [0.1, 0.15) is 31.7 Å². The average Bonchev–Trinajstić information content (AvgIpc) is 3.52. The van der Waals surface area contributed by atoms with Gasteiger partial charge in [0.25, 0.3) is 0 Å². The summed E-state index contributed by atoms with van der Waals surface area (Å²) >= 11 is 0. The highest BCUT2D eigenvalue weighted by atomic mass is 19.1. The molecule has 0 saturated carbocycles. The van der Waals surface area contributed by atoms with Crippen molar-refractivity contribution in [2.24, 2.45) is 0 Å². The minimum Gasteiger partial charge on any atom is -0.486 e. The van der Waals surface area contributed by atoms with Gasteiger partial charge in [-0.25, -0.2) is 14.4 Å². The summed E-state index contributed by atoms with van der Waals surface area (Å²) < 4.78 is 26.5. The third kappa shape index (κ3) is 6.74. The summed E-state index contributed by atoms with van der Waals surface area (Å²) in [6, 6.07) is 15.7. The molecule has 4 aliphatic heterocycles. The van der Waals surface area contributed by atoms with E-state index in [2.05, 4.69) is 60.5 Å². The number of nitrogens with zero attached hydrogens (tertiary/aromatic N) is 7. The molecule has 4 fully saturated rings. The summed E-state index contributed by atoms with van der Waals surface area (Å²) in [5, 5.41) is 15.8. The molecule has 0 bridgehead atoms. The van der Waals surface area contributed by atoms with Gasteiger partial charge in [0.15, 0.2) is 12.0 Å². The summed E-state index contributed by atoms with van der Waals surface area (Å²) in [5.74, 6) is 0.532. The molecule has 3 aromatic rings. The van der Waals surface area contributed by atoms with E-state index in [1.165, 1.54) is 11.2 Å². The van der Waals surface area contributed by atoms with Gasteiger partial charge in [0.1, 0.15) is 30.3 Å². The number of halogens is 1. The summed E-state index contributed by atoms with van der Waals surface area (Å²) in [6.45, 7) is 7.05. The normalized spacial score (nSPS) is 24.8. The first-order valence-corrected chi connectivity index (χ1v) is 16.4. The Morgan fingerprint density at radius 1 is 1.10 bits per heavy atom. The van der Waals surface area contributed by atoms with Crippen LogP contribution in [0.15, 0.2) is 48.8 Å². The predicted molar refractivity (Wildman–Crippen MR) is 174 cm³/mol. The number of carbonyl (C=O) groups excluding carboxylic acids is 2. The molecule has 0 spiro atoms. The Morgan fingerprint density at radius 2 is 1.94 bits per heavy atom. The highest BCUT2D eigenvalue weighted by Gasteiger charge is 2.38. The van der Waals surface area contributed by atoms with Crippen molar-refractivity contribution in [3.63, 3.8) is 0 Å². The van der Waals surface area contributed by atoms with E-state index in [1.807, 2.05) is 12.1 Å². The van der Waals surface area contributed by atoms with Crippen LogP contribution in [0.2, 0.25) is 0 Å². The lowest BCUT2D eigenvalue weighted by Gasteiger charge is -2.47. The minimum atomic E-state index is -1.45. The molecular weight excluding hydrogens is 617 g/mol. The maximum atomic E-state index is 15.2. The topological polar surface area (TPSA) is 149 Å². The number of anilines is 3. The molecule has 13 nitrogen and oxygen atoms in total. The number of piperazine rings is 1. The molecule has 4 atom stereocenters. The molecular formula is C34H38FN9O4. The number of amides is 2. The molecule has 5 heterocycles. The van der Waals surface area contributed by atoms with Crippen molar-refractivity contribution < 1.29 is 23.5 Å². The van der Waals surface area contributed by atoms with Gasteiger partial charge in [-0.2, -0.15) is 10.2 Å². The standard InChI is InChI=1S/C34H38FN9O4/c1-21-16-42(12-13-44(21)26-18-47-19-26)25-5-3-24(4-6-25)39-34-38-20-37-32(41-34)22-2-8-29(23(14-22)15-36)48-30-10-11-43(17-27(30)35)33(46)28-7-9-31(45)40-28/h2-6,8,14,20-21,26-28,30H,7,9-13,16-19H2,1H3,(H,40,45)(H,37,38,39,41)/t21-,27-,28?,30+/m1/s1. The molecule has 4 aliphatic rings. The maximum Gasteiger partial charge on any atom is 0.245 e. The second kappa shape index (κ2) is 13.7. The van der Waals surface area contributed by atoms with Crippen LogP contribution in [-0.2, 0) is 14.3 Å². The van der Waals surface area contributed by atoms with Crippen molar-refractivity contribution in [1.29, 1.82) is 5.26 Å². The van der Waals surface area contributed by atoms with Crippen molar-refractivity contribution >= 4 is 29.1 Å². The van der Waals surface area contributed by atoms with Crippen LogP contribution in [0.4, 0.5) is 21.7 Å². The Kier molecular flexibility index (Phi) is 9.05. The van der Waals surface area contributed by atoms with E-state index in [-0.39, 0.29) is 36.1 Å². The number of piperidine rings is 1. The Morgan fingerprint density at radius 3 is 2.62 bits per heavy atom. The zero-order valence-corrected chi connectivity index (χ0v) is 26.7. The van der Waals surface area contributed by atoms with Gasteiger partial charge in [0.2, 0.25) is 17.8 Å². The lowest BCUT2D eigenvalue weighted by Crippen LogP contribution is -2.60. The summed E-state index contributed by atoms with van der Waals surface area (Å²) in [6.07, 6.45) is 0.120. The number of hydrogen-bond donors (Lipinski definition) is 2. The zero-order chi connectivity index (χ0) is 33.2. The molecule has 4 saturated heterocycles. The smallest absolute Gasteiger partial charge is 0.245 e. The highest BCUT2D eigenvalue weighted by Crippen LogP contribution is 2.30. The monoisotopic (exact) mass is 655 g/mol. The number of nitriles is 1. The second-order valence-electron chi connectivity index (χ2n) is 12.8. The summed E-state index contributed by atoms with van der Waals surface area (Å²) in [7, 11) is 0. The molecule has 7 rings (SSSR count). The number of likely N-dealkylation sites (tertiary alicyclic amines) is 1. The van der Waals surface area contributed by atoms with E-state index < -0.39 is 18.3 Å². The van der Waals surface area contributed by atoms with Gasteiger partial charge < -0.3 is 29.9 Å². The van der Waals surface area contributed by atoms with Crippen LogP contribution in [-0.4, -0.2) is 113 Å². The molecule has 1 unspecified atom stereocenters. The number of aromatic nitrogens is 3. The SMILES string of the molecule is C[C@@H]1CN(c2ccc(Nc3ncnc(-c4ccc(O[C@H]5CCN(C(=O)C6CCC(=O)N6)C[C@H]5F)c(C#N)c4)n3)cc2)CCN1C1COC1. The molecule has 2 amide bonds. The molecule has 250 valence electrons. The molecule has 0 aliphatic carbocycles. The van der Waals surface area contributed by atoms with Gasteiger partial charge in [-0.15, -0.1) is 0 Å². The van der Waals surface area contributed by atoms with Gasteiger partial charge in [0, 0.05) is 62.0 Å². The van der Waals surface area contributed by atoms with Crippen molar-refractivity contribution in [3.8, 4) is 23.2 Å². The lowest BCUT2D eigenvalue weighted by atomic mass is 10.0. The van der Waals surface area contributed by atoms with E-state index in [0.717, 1.165) is 44.2 Å². The third-order valence-corrected chi connectivity index (χ3v) is 9.55. The Bertz CT molecular complexity index is 1700. The van der Waals surface area contributed by atoms with Crippen LogP contribution in [0.25, 0.3) is 11.4 Å². The van der Waals surface area contributed by atoms with Crippen molar-refractivity contribution in [2.45, 2.75) is 56.6 Å². The molecule has 1 aromatic heterocycles. The number of ether oxygens (including phenoxy) is 2. The fraction of sp³-hybridized carbons (Fsp3) is 0.471. The average molecular weight is 656 g/mol. The summed E-state index contributed by atoms with van der Waals surface area (Å²) in [5.41, 5.74) is 2.79. The Hall–Kier alpha value is -4.87. The molecule has 48 heavy (non-hydrogen) atoms. The Balaban J connectivity index is 0.961. The predicted octanol–water partition coefficient (Wildman–Crippen LogP) is 2.66. The number of benzene rings is 2. The molecule has 2 aromatic carbocycles. The van der Waals surface area contributed by atoms with Crippen molar-refractivity contribution in [1.82, 2.24) is 30.1 Å². The molecule has 14 heteroatoms.